The van der Waals surface area contributed by atoms with Crippen LogP contribution in [0.15, 0.2) is 76.5 Å². The highest BCUT2D eigenvalue weighted by molar-refractivity contribution is 7.99. The highest BCUT2D eigenvalue weighted by Crippen LogP contribution is 2.41. The summed E-state index contributed by atoms with van der Waals surface area (Å²) in [5.41, 5.74) is 2.13. The van der Waals surface area contributed by atoms with Gasteiger partial charge in [0.2, 0.25) is 5.91 Å². The summed E-state index contributed by atoms with van der Waals surface area (Å²) >= 11 is 1.52. The van der Waals surface area contributed by atoms with Gasteiger partial charge in [0, 0.05) is 28.9 Å². The van der Waals surface area contributed by atoms with E-state index >= 15 is 0 Å². The molecular weight excluding hydrogens is 461 g/mol. The third-order valence-electron chi connectivity index (χ3n) is 5.65. The van der Waals surface area contributed by atoms with Crippen LogP contribution in [0.4, 0.5) is 24.5 Å². The summed E-state index contributed by atoms with van der Waals surface area (Å²) in [6.45, 7) is 0. The fraction of sp³-hybridized carbons (Fsp3) is 0.231. The van der Waals surface area contributed by atoms with Crippen molar-refractivity contribution in [3.05, 3.63) is 83.4 Å². The quantitative estimate of drug-likeness (QED) is 0.392. The van der Waals surface area contributed by atoms with Crippen molar-refractivity contribution in [2.45, 2.75) is 41.7 Å². The minimum atomic E-state index is -4.34. The number of alkyl halides is 3. The Hall–Kier alpha value is -3.26. The first-order valence-electron chi connectivity index (χ1n) is 10.9. The van der Waals surface area contributed by atoms with Gasteiger partial charge in [0.05, 0.1) is 16.8 Å². The Morgan fingerprint density at radius 2 is 1.71 bits per heavy atom. The van der Waals surface area contributed by atoms with Gasteiger partial charge in [-0.15, -0.1) is 0 Å². The smallest absolute Gasteiger partial charge is 0.326 e. The van der Waals surface area contributed by atoms with E-state index in [0.29, 0.717) is 36.9 Å². The van der Waals surface area contributed by atoms with Gasteiger partial charge in [-0.2, -0.15) is 13.2 Å². The van der Waals surface area contributed by atoms with Crippen molar-refractivity contribution < 1.29 is 22.8 Å². The molecule has 1 aliphatic rings. The van der Waals surface area contributed by atoms with Gasteiger partial charge in [-0.05, 0) is 67.3 Å². The topological polar surface area (TPSA) is 49.4 Å². The molecule has 1 heterocycles. The number of nitrogens with zero attached hydrogens (tertiary/aromatic N) is 1. The monoisotopic (exact) mass is 484 g/mol. The summed E-state index contributed by atoms with van der Waals surface area (Å²) in [6, 6.07) is 18.1. The molecule has 8 heteroatoms. The first-order valence-corrected chi connectivity index (χ1v) is 11.7. The third kappa shape index (κ3) is 5.44. The van der Waals surface area contributed by atoms with Crippen LogP contribution < -0.4 is 10.2 Å². The Kier molecular flexibility index (Phi) is 6.97. The maximum atomic E-state index is 12.9. The van der Waals surface area contributed by atoms with E-state index in [1.807, 2.05) is 30.3 Å². The molecule has 0 saturated carbocycles. The number of nitrogens with one attached hydrogen (secondary N) is 1. The van der Waals surface area contributed by atoms with Crippen LogP contribution in [-0.2, 0) is 17.4 Å². The molecule has 0 unspecified atom stereocenters. The number of hydrogen-bond acceptors (Lipinski definition) is 3. The normalized spacial score (nSPS) is 13.2. The lowest BCUT2D eigenvalue weighted by atomic mass is 10.0. The predicted octanol–water partition coefficient (Wildman–Crippen LogP) is 6.80. The molecule has 0 radical (unpaired) electrons. The first-order chi connectivity index (χ1) is 16.2. The Morgan fingerprint density at radius 1 is 0.971 bits per heavy atom. The molecule has 0 atom stereocenters. The third-order valence-corrected chi connectivity index (χ3v) is 6.79. The fourth-order valence-electron chi connectivity index (χ4n) is 3.78. The van der Waals surface area contributed by atoms with Gasteiger partial charge in [0.1, 0.15) is 0 Å². The molecular formula is C26H23F3N2O2S. The van der Waals surface area contributed by atoms with Crippen LogP contribution in [0, 0.1) is 0 Å². The molecule has 1 N–H and O–H groups in total. The van der Waals surface area contributed by atoms with Crippen LogP contribution in [0.3, 0.4) is 0 Å². The maximum Gasteiger partial charge on any atom is 0.416 e. The number of carbonyl (C=O) groups excluding carboxylic acids is 2. The van der Waals surface area contributed by atoms with Gasteiger partial charge >= 0.3 is 6.18 Å². The van der Waals surface area contributed by atoms with E-state index in [9.17, 15) is 22.8 Å². The molecule has 0 saturated heterocycles. The van der Waals surface area contributed by atoms with Crippen molar-refractivity contribution >= 4 is 35.0 Å². The van der Waals surface area contributed by atoms with Crippen LogP contribution in [0.25, 0.3) is 0 Å². The van der Waals surface area contributed by atoms with Crippen LogP contribution in [0.2, 0.25) is 0 Å². The van der Waals surface area contributed by atoms with Crippen LogP contribution in [0.1, 0.15) is 40.7 Å². The number of unbranched alkanes of at least 4 members (excludes halogenated alkanes) is 1. The second kappa shape index (κ2) is 9.93. The van der Waals surface area contributed by atoms with Gasteiger partial charge < -0.3 is 10.2 Å². The highest BCUT2D eigenvalue weighted by atomic mass is 32.2. The lowest BCUT2D eigenvalue weighted by Gasteiger charge is -2.18. The number of anilines is 2. The lowest BCUT2D eigenvalue weighted by molar-refractivity contribution is -0.137. The van der Waals surface area contributed by atoms with Crippen molar-refractivity contribution in [3.63, 3.8) is 0 Å². The molecule has 176 valence electrons. The van der Waals surface area contributed by atoms with Crippen molar-refractivity contribution in [2.75, 3.05) is 17.3 Å². The molecule has 2 amide bonds. The summed E-state index contributed by atoms with van der Waals surface area (Å²) < 4.78 is 37.9. The van der Waals surface area contributed by atoms with Gasteiger partial charge in [-0.25, -0.2) is 0 Å². The van der Waals surface area contributed by atoms with E-state index in [1.54, 1.807) is 24.1 Å². The highest BCUT2D eigenvalue weighted by Gasteiger charge is 2.30. The molecule has 0 fully saturated rings. The zero-order chi connectivity index (χ0) is 24.3. The maximum absolute atomic E-state index is 12.9. The number of fused-ring (bicyclic) bond motifs is 2. The number of amides is 2. The summed E-state index contributed by atoms with van der Waals surface area (Å²) in [7, 11) is 1.72. The summed E-state index contributed by atoms with van der Waals surface area (Å²) in [5.74, 6) is -0.250. The molecule has 4 nitrogen and oxygen atoms in total. The molecule has 3 aromatic rings. The van der Waals surface area contributed by atoms with Crippen molar-refractivity contribution in [3.8, 4) is 0 Å². The standard InChI is InChI=1S/C26H23F3N2O2S/c1-31-21-16-19(14-15-23(21)34-22-8-4-3-7-20(22)25(31)33)30-24(32)9-5-2-6-17-10-12-18(13-11-17)26(27,28)29/h3-4,7-8,10-16H,2,5-6,9H2,1H3,(H,30,32). The van der Waals surface area contributed by atoms with Crippen molar-refractivity contribution in [2.24, 2.45) is 0 Å². The molecule has 0 aromatic heterocycles. The SMILES string of the molecule is CN1C(=O)c2ccccc2Sc2ccc(NC(=O)CCCCc3ccc(C(F)(F)F)cc3)cc21. The number of aryl methyl sites for hydroxylation is 1. The molecule has 4 rings (SSSR count). The number of hydrogen-bond donors (Lipinski definition) is 1. The zero-order valence-electron chi connectivity index (χ0n) is 18.5. The predicted molar refractivity (Wildman–Crippen MR) is 127 cm³/mol. The van der Waals surface area contributed by atoms with E-state index in [0.717, 1.165) is 33.2 Å². The Morgan fingerprint density at radius 3 is 2.44 bits per heavy atom. The van der Waals surface area contributed by atoms with Crippen LogP contribution >= 0.6 is 11.8 Å². The average Bonchev–Trinajstić information content (AvgIpc) is 2.91. The van der Waals surface area contributed by atoms with Crippen molar-refractivity contribution in [1.29, 1.82) is 0 Å². The first kappa shape index (κ1) is 23.9. The lowest BCUT2D eigenvalue weighted by Crippen LogP contribution is -2.26. The molecule has 0 spiro atoms. The summed E-state index contributed by atoms with van der Waals surface area (Å²) in [5, 5.41) is 2.88. The minimum absolute atomic E-state index is 0.103. The molecule has 1 aliphatic heterocycles. The largest absolute Gasteiger partial charge is 0.416 e. The van der Waals surface area contributed by atoms with E-state index in [4.69, 9.17) is 0 Å². The summed E-state index contributed by atoms with van der Waals surface area (Å²) in [6.07, 6.45) is -2.13. The number of halogens is 3. The average molecular weight is 485 g/mol. The van der Waals surface area contributed by atoms with Crippen molar-refractivity contribution in [1.82, 2.24) is 0 Å². The number of benzene rings is 3. The van der Waals surface area contributed by atoms with Crippen LogP contribution in [0.5, 0.6) is 0 Å². The molecule has 3 aromatic carbocycles. The Bertz CT molecular complexity index is 1210. The van der Waals surface area contributed by atoms with Gasteiger partial charge in [-0.1, -0.05) is 36.0 Å². The summed E-state index contributed by atoms with van der Waals surface area (Å²) in [4.78, 5) is 28.7. The van der Waals surface area contributed by atoms with E-state index in [-0.39, 0.29) is 11.8 Å². The zero-order valence-corrected chi connectivity index (χ0v) is 19.3. The van der Waals surface area contributed by atoms with E-state index < -0.39 is 11.7 Å². The van der Waals surface area contributed by atoms with Gasteiger partial charge in [-0.3, -0.25) is 9.59 Å². The Balaban J connectivity index is 1.32. The molecule has 0 bridgehead atoms. The second-order valence-corrected chi connectivity index (χ2v) is 9.18. The Labute approximate surface area is 200 Å². The van der Waals surface area contributed by atoms with Gasteiger partial charge in [0.15, 0.2) is 0 Å². The number of rotatable bonds is 6. The second-order valence-electron chi connectivity index (χ2n) is 8.09. The molecule has 0 aliphatic carbocycles. The van der Waals surface area contributed by atoms with Gasteiger partial charge in [0.25, 0.3) is 5.91 Å². The fourth-order valence-corrected chi connectivity index (χ4v) is 4.87. The minimum Gasteiger partial charge on any atom is -0.326 e. The van der Waals surface area contributed by atoms with E-state index in [2.05, 4.69) is 5.32 Å². The van der Waals surface area contributed by atoms with E-state index in [1.165, 1.54) is 23.9 Å². The number of carbonyl (C=O) groups is 2. The molecule has 34 heavy (non-hydrogen) atoms. The van der Waals surface area contributed by atoms with Crippen LogP contribution in [-0.4, -0.2) is 18.9 Å².